The van der Waals surface area contributed by atoms with Gasteiger partial charge in [-0.1, -0.05) is 12.1 Å². The van der Waals surface area contributed by atoms with E-state index < -0.39 is 11.9 Å². The molecule has 136 valence electrons. The van der Waals surface area contributed by atoms with Crippen LogP contribution in [0.3, 0.4) is 0 Å². The van der Waals surface area contributed by atoms with Crippen molar-refractivity contribution in [2.45, 2.75) is 20.8 Å². The van der Waals surface area contributed by atoms with Crippen molar-refractivity contribution in [1.29, 1.82) is 0 Å². The average molecular weight is 355 g/mol. The van der Waals surface area contributed by atoms with Crippen molar-refractivity contribution in [3.63, 3.8) is 0 Å². The highest BCUT2D eigenvalue weighted by molar-refractivity contribution is 5.93. The van der Waals surface area contributed by atoms with E-state index in [0.717, 1.165) is 16.9 Å². The van der Waals surface area contributed by atoms with E-state index >= 15 is 0 Å². The van der Waals surface area contributed by atoms with E-state index in [2.05, 4.69) is 11.1 Å². The van der Waals surface area contributed by atoms with Crippen molar-refractivity contribution in [2.24, 2.45) is 0 Å². The summed E-state index contributed by atoms with van der Waals surface area (Å²) in [4.78, 5) is 18.1. The molecule has 0 aliphatic rings. The smallest absolute Gasteiger partial charge is 0.277 e. The number of rotatable bonds is 5. The Balaban J connectivity index is 1.68. The first-order valence-electron chi connectivity index (χ1n) is 8.47. The number of hydrogen-bond donors (Lipinski definition) is 0. The molecule has 0 radical (unpaired) electrons. The summed E-state index contributed by atoms with van der Waals surface area (Å²) in [5, 5.41) is 0. The van der Waals surface area contributed by atoms with Crippen LogP contribution >= 0.6 is 0 Å². The summed E-state index contributed by atoms with van der Waals surface area (Å²) in [6, 6.07) is 11.2. The zero-order chi connectivity index (χ0) is 18.8. The van der Waals surface area contributed by atoms with Crippen molar-refractivity contribution in [3.05, 3.63) is 64.9 Å². The summed E-state index contributed by atoms with van der Waals surface area (Å²) < 4.78 is 21.7. The zero-order valence-corrected chi connectivity index (χ0v) is 15.4. The van der Waals surface area contributed by atoms with Crippen LogP contribution < -0.4 is 4.74 Å². The zero-order valence-electron chi connectivity index (χ0n) is 15.4. The molecular formula is C20H22FN3O2. The number of fused-ring (bicyclic) bond motifs is 1. The van der Waals surface area contributed by atoms with E-state index in [1.165, 1.54) is 9.30 Å². The summed E-state index contributed by atoms with van der Waals surface area (Å²) in [7, 11) is 1.61. The van der Waals surface area contributed by atoms with Crippen LogP contribution in [-0.2, 0) is 0 Å². The molecule has 0 bridgehead atoms. The van der Waals surface area contributed by atoms with Crippen molar-refractivity contribution < 1.29 is 13.9 Å². The molecule has 0 saturated carbocycles. The highest BCUT2D eigenvalue weighted by Gasteiger charge is 2.22. The molecule has 2 heterocycles. The summed E-state index contributed by atoms with van der Waals surface area (Å²) in [6.07, 6.45) is 0. The first kappa shape index (κ1) is 17.9. The molecule has 1 amide bonds. The fourth-order valence-electron chi connectivity index (χ4n) is 2.95. The number of carbonyl (C=O) groups excluding carboxylic acids is 1. The Morgan fingerprint density at radius 2 is 1.88 bits per heavy atom. The van der Waals surface area contributed by atoms with Gasteiger partial charge < -0.3 is 9.64 Å². The van der Waals surface area contributed by atoms with Gasteiger partial charge in [0.1, 0.15) is 18.0 Å². The average Bonchev–Trinajstić information content (AvgIpc) is 2.91. The van der Waals surface area contributed by atoms with Gasteiger partial charge in [-0.05, 0) is 56.2 Å². The molecule has 5 nitrogen and oxygen atoms in total. The van der Waals surface area contributed by atoms with Crippen LogP contribution in [0.2, 0.25) is 0 Å². The van der Waals surface area contributed by atoms with Crippen LogP contribution in [0.15, 0.2) is 36.4 Å². The van der Waals surface area contributed by atoms with E-state index in [1.807, 2.05) is 26.0 Å². The highest BCUT2D eigenvalue weighted by atomic mass is 19.1. The summed E-state index contributed by atoms with van der Waals surface area (Å²) in [6.45, 7) is 6.43. The molecule has 2 aromatic heterocycles. The number of amides is 1. The predicted octanol–water partition coefficient (Wildman–Crippen LogP) is 3.55. The lowest BCUT2D eigenvalue weighted by atomic mass is 10.1. The van der Waals surface area contributed by atoms with Gasteiger partial charge in [0.25, 0.3) is 5.91 Å². The molecule has 0 spiro atoms. The van der Waals surface area contributed by atoms with Crippen molar-refractivity contribution >= 4 is 11.6 Å². The number of aryl methyl sites for hydroxylation is 3. The molecule has 3 rings (SSSR count). The van der Waals surface area contributed by atoms with Gasteiger partial charge in [0.2, 0.25) is 5.95 Å². The first-order valence-corrected chi connectivity index (χ1v) is 8.47. The third-order valence-electron chi connectivity index (χ3n) is 4.22. The standard InChI is InChI=1S/C20H22FN3O2/c1-13-10-14(2)12-16(11-13)26-9-8-23(4)20(25)18-19(21)24-15(3)6-5-7-17(24)22-18/h5-7,10-12H,8-9H2,1-4H3. The predicted molar refractivity (Wildman–Crippen MR) is 98.3 cm³/mol. The maximum atomic E-state index is 14.6. The summed E-state index contributed by atoms with van der Waals surface area (Å²) >= 11 is 0. The second-order valence-electron chi connectivity index (χ2n) is 6.51. The molecule has 3 aromatic rings. The highest BCUT2D eigenvalue weighted by Crippen LogP contribution is 2.17. The second kappa shape index (κ2) is 7.15. The van der Waals surface area contributed by atoms with E-state index in [4.69, 9.17) is 4.74 Å². The Morgan fingerprint density at radius 1 is 1.19 bits per heavy atom. The number of ether oxygens (including phenoxy) is 1. The molecule has 26 heavy (non-hydrogen) atoms. The minimum absolute atomic E-state index is 0.173. The van der Waals surface area contributed by atoms with Gasteiger partial charge in [0.05, 0.1) is 6.54 Å². The Morgan fingerprint density at radius 3 is 2.54 bits per heavy atom. The molecule has 1 aromatic carbocycles. The molecule has 0 fully saturated rings. The maximum absolute atomic E-state index is 14.6. The fraction of sp³-hybridized carbons (Fsp3) is 0.300. The van der Waals surface area contributed by atoms with Crippen molar-refractivity contribution in [3.8, 4) is 5.75 Å². The van der Waals surface area contributed by atoms with Gasteiger partial charge in [-0.3, -0.25) is 9.20 Å². The monoisotopic (exact) mass is 355 g/mol. The van der Waals surface area contributed by atoms with Crippen LogP contribution in [0.25, 0.3) is 5.65 Å². The first-order chi connectivity index (χ1) is 12.4. The normalized spacial score (nSPS) is 11.0. The maximum Gasteiger partial charge on any atom is 0.277 e. The van der Waals surface area contributed by atoms with E-state index in [-0.39, 0.29) is 5.69 Å². The van der Waals surface area contributed by atoms with E-state index in [0.29, 0.717) is 24.5 Å². The lowest BCUT2D eigenvalue weighted by molar-refractivity contribution is 0.0763. The van der Waals surface area contributed by atoms with Crippen molar-refractivity contribution in [1.82, 2.24) is 14.3 Å². The molecule has 0 aliphatic heterocycles. The van der Waals surface area contributed by atoms with Gasteiger partial charge in [-0.25, -0.2) is 4.98 Å². The largest absolute Gasteiger partial charge is 0.492 e. The number of halogens is 1. The van der Waals surface area contributed by atoms with Crippen LogP contribution in [0.4, 0.5) is 4.39 Å². The summed E-state index contributed by atoms with van der Waals surface area (Å²) in [5.74, 6) is -0.335. The molecule has 0 saturated heterocycles. The molecule has 0 atom stereocenters. The number of likely N-dealkylation sites (N-methyl/N-ethyl adjacent to an activating group) is 1. The third-order valence-corrected chi connectivity index (χ3v) is 4.22. The minimum Gasteiger partial charge on any atom is -0.492 e. The number of benzene rings is 1. The third kappa shape index (κ3) is 3.54. The Hall–Kier alpha value is -2.89. The summed E-state index contributed by atoms with van der Waals surface area (Å²) in [5.41, 5.74) is 3.17. The Kier molecular flexibility index (Phi) is 4.93. The van der Waals surface area contributed by atoms with Gasteiger partial charge in [-0.15, -0.1) is 0 Å². The number of pyridine rings is 1. The number of aromatic nitrogens is 2. The number of hydrogen-bond acceptors (Lipinski definition) is 3. The van der Waals surface area contributed by atoms with Gasteiger partial charge in [0.15, 0.2) is 5.69 Å². The van der Waals surface area contributed by atoms with Gasteiger partial charge in [-0.2, -0.15) is 4.39 Å². The van der Waals surface area contributed by atoms with Crippen LogP contribution in [0.5, 0.6) is 5.75 Å². The Labute approximate surface area is 152 Å². The van der Waals surface area contributed by atoms with Gasteiger partial charge >= 0.3 is 0 Å². The van der Waals surface area contributed by atoms with Crippen LogP contribution in [-0.4, -0.2) is 40.4 Å². The van der Waals surface area contributed by atoms with Crippen molar-refractivity contribution in [2.75, 3.05) is 20.2 Å². The number of nitrogens with zero attached hydrogens (tertiary/aromatic N) is 3. The molecule has 6 heteroatoms. The fourth-order valence-corrected chi connectivity index (χ4v) is 2.95. The van der Waals surface area contributed by atoms with Crippen LogP contribution in [0.1, 0.15) is 27.3 Å². The topological polar surface area (TPSA) is 46.8 Å². The second-order valence-corrected chi connectivity index (χ2v) is 6.51. The number of carbonyl (C=O) groups is 1. The van der Waals surface area contributed by atoms with Crippen LogP contribution in [0, 0.1) is 26.7 Å². The lowest BCUT2D eigenvalue weighted by Gasteiger charge is -2.16. The molecule has 0 N–H and O–H groups in total. The quantitative estimate of drug-likeness (QED) is 0.703. The molecular weight excluding hydrogens is 333 g/mol. The number of imidazole rings is 1. The van der Waals surface area contributed by atoms with E-state index in [9.17, 15) is 9.18 Å². The molecule has 0 unspecified atom stereocenters. The molecule has 0 aliphatic carbocycles. The Bertz CT molecular complexity index is 945. The SMILES string of the molecule is Cc1cc(C)cc(OCCN(C)C(=O)c2nc3cccc(C)n3c2F)c1. The van der Waals surface area contributed by atoms with Gasteiger partial charge in [0, 0.05) is 12.7 Å². The lowest BCUT2D eigenvalue weighted by Crippen LogP contribution is -2.31. The van der Waals surface area contributed by atoms with E-state index in [1.54, 1.807) is 32.2 Å². The minimum atomic E-state index is -0.634.